The van der Waals surface area contributed by atoms with Gasteiger partial charge >= 0.3 is 0 Å². The first-order valence-electron chi connectivity index (χ1n) is 16.9. The van der Waals surface area contributed by atoms with Crippen LogP contribution in [0.5, 0.6) is 0 Å². The Morgan fingerprint density at radius 2 is 0.776 bits per heavy atom. The van der Waals surface area contributed by atoms with Crippen LogP contribution in [0, 0.1) is 0 Å². The number of benzene rings is 10. The van der Waals surface area contributed by atoms with E-state index in [-0.39, 0.29) is 0 Å². The van der Waals surface area contributed by atoms with Crippen molar-refractivity contribution < 1.29 is 4.42 Å². The summed E-state index contributed by atoms with van der Waals surface area (Å²) >= 11 is 0. The second kappa shape index (κ2) is 10.0. The molecule has 1 heteroatoms. The largest absolute Gasteiger partial charge is 0.455 e. The number of hydrogen-bond acceptors (Lipinski definition) is 1. The highest BCUT2D eigenvalue weighted by molar-refractivity contribution is 6.28. The molecule has 1 heterocycles. The number of fused-ring (bicyclic) bond motifs is 6. The van der Waals surface area contributed by atoms with Gasteiger partial charge in [0.05, 0.1) is 0 Å². The van der Waals surface area contributed by atoms with E-state index in [2.05, 4.69) is 170 Å². The fourth-order valence-corrected chi connectivity index (χ4v) is 8.34. The van der Waals surface area contributed by atoms with Crippen molar-refractivity contribution in [2.75, 3.05) is 0 Å². The summed E-state index contributed by atoms with van der Waals surface area (Å²) in [5.41, 5.74) is 8.97. The zero-order chi connectivity index (χ0) is 32.1. The van der Waals surface area contributed by atoms with E-state index in [0.29, 0.717) is 0 Å². The van der Waals surface area contributed by atoms with E-state index < -0.39 is 0 Å². The summed E-state index contributed by atoms with van der Waals surface area (Å²) < 4.78 is 7.01. The molecular weight excluding hydrogens is 593 g/mol. The van der Waals surface area contributed by atoms with Crippen LogP contribution in [0.1, 0.15) is 0 Å². The minimum Gasteiger partial charge on any atom is -0.455 e. The molecule has 0 saturated heterocycles. The first-order valence-corrected chi connectivity index (χ1v) is 16.9. The van der Waals surface area contributed by atoms with E-state index in [1.54, 1.807) is 0 Å². The second-order valence-corrected chi connectivity index (χ2v) is 13.2. The smallest absolute Gasteiger partial charge is 0.143 e. The van der Waals surface area contributed by atoms with Gasteiger partial charge in [-0.2, -0.15) is 0 Å². The van der Waals surface area contributed by atoms with Gasteiger partial charge in [-0.25, -0.2) is 0 Å². The van der Waals surface area contributed by atoms with Crippen molar-refractivity contribution in [3.05, 3.63) is 170 Å². The second-order valence-electron chi connectivity index (χ2n) is 13.2. The van der Waals surface area contributed by atoms with Crippen LogP contribution >= 0.6 is 0 Å². The van der Waals surface area contributed by atoms with Gasteiger partial charge in [0.25, 0.3) is 0 Å². The molecule has 1 aromatic heterocycles. The summed E-state index contributed by atoms with van der Waals surface area (Å²) in [6.07, 6.45) is 0. The Balaban J connectivity index is 1.18. The lowest BCUT2D eigenvalue weighted by Gasteiger charge is -2.15. The summed E-state index contributed by atoms with van der Waals surface area (Å²) in [6.45, 7) is 0. The highest BCUT2D eigenvalue weighted by atomic mass is 16.3. The van der Waals surface area contributed by atoms with Gasteiger partial charge in [0.15, 0.2) is 0 Å². The van der Waals surface area contributed by atoms with Crippen molar-refractivity contribution in [1.82, 2.24) is 0 Å². The Kier molecular flexibility index (Phi) is 5.45. The van der Waals surface area contributed by atoms with Gasteiger partial charge in [-0.05, 0) is 88.4 Å². The van der Waals surface area contributed by atoms with Gasteiger partial charge in [-0.1, -0.05) is 158 Å². The zero-order valence-electron chi connectivity index (χ0n) is 26.6. The quantitative estimate of drug-likeness (QED) is 0.179. The Bertz CT molecular complexity index is 3070. The molecule has 0 aliphatic carbocycles. The lowest BCUT2D eigenvalue weighted by atomic mass is 9.87. The molecule has 0 atom stereocenters. The summed E-state index contributed by atoms with van der Waals surface area (Å²) in [4.78, 5) is 0. The first-order chi connectivity index (χ1) is 24.3. The fourth-order valence-electron chi connectivity index (χ4n) is 8.34. The van der Waals surface area contributed by atoms with Crippen molar-refractivity contribution in [3.8, 4) is 33.4 Å². The number of hydrogen-bond donors (Lipinski definition) is 0. The summed E-state index contributed by atoms with van der Waals surface area (Å²) in [6, 6.07) is 62.0. The lowest BCUT2D eigenvalue weighted by Crippen LogP contribution is -1.89. The average Bonchev–Trinajstić information content (AvgIpc) is 3.57. The predicted molar refractivity (Wildman–Crippen MR) is 209 cm³/mol. The minimum absolute atomic E-state index is 0.924. The molecule has 0 bridgehead atoms. The van der Waals surface area contributed by atoms with E-state index >= 15 is 0 Å². The molecule has 0 spiro atoms. The first kappa shape index (κ1) is 26.6. The van der Waals surface area contributed by atoms with Crippen molar-refractivity contribution in [2.45, 2.75) is 0 Å². The van der Waals surface area contributed by atoms with Crippen LogP contribution in [0.25, 0.3) is 109 Å². The molecule has 0 N–H and O–H groups in total. The minimum atomic E-state index is 0.924. The fraction of sp³-hybridized carbons (Fsp3) is 0. The van der Waals surface area contributed by atoms with E-state index in [4.69, 9.17) is 4.42 Å². The third-order valence-electron chi connectivity index (χ3n) is 10.6. The van der Waals surface area contributed by atoms with Crippen molar-refractivity contribution in [1.29, 1.82) is 0 Å². The molecule has 0 aliphatic rings. The van der Waals surface area contributed by atoms with Gasteiger partial charge in [0.1, 0.15) is 11.2 Å². The van der Waals surface area contributed by atoms with Crippen LogP contribution in [-0.4, -0.2) is 0 Å². The molecule has 0 aliphatic heterocycles. The van der Waals surface area contributed by atoms with Crippen molar-refractivity contribution in [2.24, 2.45) is 0 Å². The Labute approximate surface area is 282 Å². The summed E-state index contributed by atoms with van der Waals surface area (Å²) in [7, 11) is 0. The van der Waals surface area contributed by atoms with Crippen LogP contribution in [-0.2, 0) is 0 Å². The maximum absolute atomic E-state index is 7.01. The van der Waals surface area contributed by atoms with Crippen LogP contribution in [0.3, 0.4) is 0 Å². The third-order valence-corrected chi connectivity index (χ3v) is 10.6. The van der Waals surface area contributed by atoms with E-state index in [1.165, 1.54) is 70.7 Å². The average molecular weight is 621 g/mol. The normalized spacial score (nSPS) is 12.1. The number of furan rings is 1. The molecule has 10 aromatic carbocycles. The van der Waals surface area contributed by atoms with E-state index in [0.717, 1.165) is 38.5 Å². The molecular formula is C48H28O. The highest BCUT2D eigenvalue weighted by Gasteiger charge is 2.21. The predicted octanol–water partition coefficient (Wildman–Crippen LogP) is 13.8. The maximum Gasteiger partial charge on any atom is 0.143 e. The molecule has 226 valence electrons. The van der Waals surface area contributed by atoms with Crippen molar-refractivity contribution >= 4 is 75.8 Å². The molecule has 49 heavy (non-hydrogen) atoms. The van der Waals surface area contributed by atoms with Crippen LogP contribution in [0.2, 0.25) is 0 Å². The van der Waals surface area contributed by atoms with Gasteiger partial charge < -0.3 is 4.42 Å². The maximum atomic E-state index is 7.01. The molecule has 0 unspecified atom stereocenters. The Hall–Kier alpha value is -6.44. The van der Waals surface area contributed by atoms with Crippen LogP contribution < -0.4 is 0 Å². The van der Waals surface area contributed by atoms with Crippen LogP contribution in [0.15, 0.2) is 174 Å². The van der Waals surface area contributed by atoms with Gasteiger partial charge in [0.2, 0.25) is 0 Å². The topological polar surface area (TPSA) is 13.1 Å². The molecule has 0 radical (unpaired) electrons. The van der Waals surface area contributed by atoms with Crippen LogP contribution in [0.4, 0.5) is 0 Å². The lowest BCUT2D eigenvalue weighted by molar-refractivity contribution is 0.674. The standard InChI is InChI=1S/C48H28O/c1-3-12-36-29(7-1)9-6-14-37(36)31-15-17-32(18-16-31)39-27-28-42(46-43-26-21-30-8-2-4-13-38(30)47(43)49-48(39)46)40-24-22-35-20-19-33-10-5-11-34-23-25-41(40)45(35)44(33)34/h1-28H. The van der Waals surface area contributed by atoms with Gasteiger partial charge in [-0.15, -0.1) is 0 Å². The third kappa shape index (κ3) is 3.82. The Morgan fingerprint density at radius 1 is 0.245 bits per heavy atom. The number of rotatable bonds is 3. The van der Waals surface area contributed by atoms with E-state index in [9.17, 15) is 0 Å². The summed E-state index contributed by atoms with van der Waals surface area (Å²) in [5.74, 6) is 0. The summed E-state index contributed by atoms with van der Waals surface area (Å²) in [5, 5.41) is 14.9. The monoisotopic (exact) mass is 620 g/mol. The van der Waals surface area contributed by atoms with Gasteiger partial charge in [0, 0.05) is 21.7 Å². The SMILES string of the molecule is c1ccc2c(-c3ccc(-c4ccc(-c5ccc6ccc7cccc8ccc5c6c78)c5c4oc4c6ccccc6ccc45)cc3)cccc2c1. The molecule has 0 fully saturated rings. The Morgan fingerprint density at radius 3 is 1.59 bits per heavy atom. The molecule has 0 amide bonds. The van der Waals surface area contributed by atoms with Gasteiger partial charge in [-0.3, -0.25) is 0 Å². The molecule has 11 rings (SSSR count). The molecule has 1 nitrogen and oxygen atoms in total. The highest BCUT2D eigenvalue weighted by Crippen LogP contribution is 2.47. The molecule has 11 aromatic rings. The molecule has 0 saturated carbocycles. The van der Waals surface area contributed by atoms with Crippen molar-refractivity contribution in [3.63, 3.8) is 0 Å². The van der Waals surface area contributed by atoms with E-state index in [1.807, 2.05) is 0 Å². The zero-order valence-corrected chi connectivity index (χ0v) is 26.6.